The van der Waals surface area contributed by atoms with Crippen LogP contribution in [0.25, 0.3) is 0 Å². The number of alkyl halides is 3. The topological polar surface area (TPSA) is 83.1 Å². The molecule has 0 unspecified atom stereocenters. The molecule has 1 aromatic heterocycles. The highest BCUT2D eigenvalue weighted by atomic mass is 35.5. The van der Waals surface area contributed by atoms with Gasteiger partial charge in [0.2, 0.25) is 0 Å². The minimum atomic E-state index is -4.78. The molecule has 2 heterocycles. The number of carbonyl (C=O) groups is 3. The van der Waals surface area contributed by atoms with Crippen LogP contribution < -0.4 is 9.80 Å². The second kappa shape index (κ2) is 10.5. The van der Waals surface area contributed by atoms with E-state index in [1.165, 1.54) is 0 Å². The first kappa shape index (κ1) is 29.5. The smallest absolute Gasteiger partial charge is 0.418 e. The lowest BCUT2D eigenvalue weighted by molar-refractivity contribution is -0.138. The van der Waals surface area contributed by atoms with Gasteiger partial charge in [-0.25, -0.2) is 28.3 Å². The van der Waals surface area contributed by atoms with E-state index in [-0.39, 0.29) is 24.1 Å². The number of nitrogens with zero attached hydrogens (tertiary/aromatic N) is 4. The molecular formula is C26H26ClF5N4O4. The fraction of sp³-hybridized carbons (Fsp3) is 0.462. The lowest BCUT2D eigenvalue weighted by atomic mass is 9.91. The molecule has 4 rings (SSSR count). The van der Waals surface area contributed by atoms with Gasteiger partial charge < -0.3 is 9.64 Å². The van der Waals surface area contributed by atoms with Crippen LogP contribution >= 0.6 is 11.6 Å². The first-order valence-corrected chi connectivity index (χ1v) is 12.7. The highest BCUT2D eigenvalue weighted by molar-refractivity contribution is 6.31. The number of aryl methyl sites for hydroxylation is 1. The molecular weight excluding hydrogens is 563 g/mol. The average Bonchev–Trinajstić information content (AvgIpc) is 3.21. The van der Waals surface area contributed by atoms with Crippen LogP contribution in [0.15, 0.2) is 18.2 Å². The molecule has 0 bridgehead atoms. The number of anilines is 2. The number of benzene rings is 1. The normalized spacial score (nSPS) is 17.6. The number of amides is 4. The van der Waals surface area contributed by atoms with E-state index in [1.807, 2.05) is 0 Å². The molecule has 0 spiro atoms. The van der Waals surface area contributed by atoms with Gasteiger partial charge in [-0.1, -0.05) is 11.6 Å². The summed E-state index contributed by atoms with van der Waals surface area (Å²) in [5.41, 5.74) is -2.33. The monoisotopic (exact) mass is 588 g/mol. The molecule has 216 valence electrons. The van der Waals surface area contributed by atoms with Gasteiger partial charge in [-0.05, 0) is 70.2 Å². The summed E-state index contributed by atoms with van der Waals surface area (Å²) in [5, 5.41) is -0.877. The maximum atomic E-state index is 14.8. The van der Waals surface area contributed by atoms with Crippen LogP contribution in [-0.2, 0) is 28.5 Å². The highest BCUT2D eigenvalue weighted by Gasteiger charge is 2.49. The molecule has 4 amide bonds. The van der Waals surface area contributed by atoms with E-state index in [9.17, 15) is 36.3 Å². The standard InChI is InChI=1S/C26H26ClF5N4O4/c1-25(2,3)40-24(39)35-12-18(22(37)34(4)17-10-9-15(28)20(27)21(17)29)36(23(35)38)19-11-14(26(30,31)32)13-7-5-6-8-16(13)33-19/h9-11,18H,5-8,12H2,1-4H3/t18-/m0/s1. The Labute approximate surface area is 231 Å². The predicted octanol–water partition coefficient (Wildman–Crippen LogP) is 6.12. The summed E-state index contributed by atoms with van der Waals surface area (Å²) in [7, 11) is 1.12. The molecule has 1 atom stereocenters. The Kier molecular flexibility index (Phi) is 7.74. The van der Waals surface area contributed by atoms with Gasteiger partial charge >= 0.3 is 18.3 Å². The average molecular weight is 589 g/mol. The molecule has 1 saturated heterocycles. The van der Waals surface area contributed by atoms with Crippen LogP contribution in [0.1, 0.15) is 50.4 Å². The third-order valence-electron chi connectivity index (χ3n) is 6.55. The van der Waals surface area contributed by atoms with Gasteiger partial charge in [0.1, 0.15) is 28.3 Å². The van der Waals surface area contributed by atoms with E-state index >= 15 is 0 Å². The van der Waals surface area contributed by atoms with Crippen LogP contribution in [0.3, 0.4) is 0 Å². The van der Waals surface area contributed by atoms with E-state index in [0.29, 0.717) is 28.7 Å². The third kappa shape index (κ3) is 5.56. The summed E-state index contributed by atoms with van der Waals surface area (Å²) in [6.07, 6.45) is -4.44. The molecule has 1 aliphatic heterocycles. The van der Waals surface area contributed by atoms with Crippen molar-refractivity contribution in [1.82, 2.24) is 9.88 Å². The number of rotatable bonds is 3. The first-order chi connectivity index (χ1) is 18.5. The minimum Gasteiger partial charge on any atom is -0.443 e. The molecule has 1 fully saturated rings. The zero-order valence-corrected chi connectivity index (χ0v) is 22.8. The molecule has 8 nitrogen and oxygen atoms in total. The van der Waals surface area contributed by atoms with Gasteiger partial charge in [-0.15, -0.1) is 0 Å². The SMILES string of the molecule is CN(C(=O)[C@@H]1CN(C(=O)OC(C)(C)C)C(=O)N1c1cc(C(F)(F)F)c2c(n1)CCCC2)c1ccc(F)c(Cl)c1F. The number of imide groups is 1. The number of fused-ring (bicyclic) bond motifs is 1. The lowest BCUT2D eigenvalue weighted by Crippen LogP contribution is -2.47. The summed E-state index contributed by atoms with van der Waals surface area (Å²) in [5.74, 6) is -3.82. The Balaban J connectivity index is 1.82. The number of aromatic nitrogens is 1. The number of ether oxygens (including phenoxy) is 1. The molecule has 1 aliphatic carbocycles. The van der Waals surface area contributed by atoms with Gasteiger partial charge in [0.25, 0.3) is 5.91 Å². The fourth-order valence-corrected chi connectivity index (χ4v) is 4.85. The van der Waals surface area contributed by atoms with Crippen molar-refractivity contribution < 1.29 is 41.1 Å². The van der Waals surface area contributed by atoms with Gasteiger partial charge in [-0.2, -0.15) is 13.2 Å². The number of carbonyl (C=O) groups excluding carboxylic acids is 3. The Bertz CT molecular complexity index is 1380. The molecule has 2 aromatic rings. The van der Waals surface area contributed by atoms with Crippen molar-refractivity contribution in [1.29, 1.82) is 0 Å². The van der Waals surface area contributed by atoms with Gasteiger partial charge in [0, 0.05) is 12.7 Å². The quantitative estimate of drug-likeness (QED) is 0.319. The zero-order chi connectivity index (χ0) is 29.7. The van der Waals surface area contributed by atoms with E-state index in [2.05, 4.69) is 4.98 Å². The van der Waals surface area contributed by atoms with Crippen molar-refractivity contribution >= 4 is 41.1 Å². The molecule has 0 saturated carbocycles. The molecule has 2 aliphatic rings. The highest BCUT2D eigenvalue weighted by Crippen LogP contribution is 2.39. The lowest BCUT2D eigenvalue weighted by Gasteiger charge is -2.28. The Hall–Kier alpha value is -3.48. The van der Waals surface area contributed by atoms with Crippen molar-refractivity contribution in [2.24, 2.45) is 0 Å². The third-order valence-corrected chi connectivity index (χ3v) is 6.90. The van der Waals surface area contributed by atoms with Crippen molar-refractivity contribution in [3.63, 3.8) is 0 Å². The van der Waals surface area contributed by atoms with E-state index < -0.39 is 76.1 Å². The number of pyridine rings is 1. The van der Waals surface area contributed by atoms with E-state index in [1.54, 1.807) is 20.8 Å². The van der Waals surface area contributed by atoms with Gasteiger partial charge in [-0.3, -0.25) is 9.69 Å². The number of likely N-dealkylation sites (N-methyl/N-ethyl adjacent to an activating group) is 1. The van der Waals surface area contributed by atoms with Gasteiger partial charge in [0.05, 0.1) is 17.8 Å². The molecule has 14 heteroatoms. The minimum absolute atomic E-state index is 0.0150. The van der Waals surface area contributed by atoms with Gasteiger partial charge in [0.15, 0.2) is 5.82 Å². The van der Waals surface area contributed by atoms with Crippen LogP contribution in [0.2, 0.25) is 5.02 Å². The maximum absolute atomic E-state index is 14.8. The molecule has 0 radical (unpaired) electrons. The maximum Gasteiger partial charge on any atom is 0.418 e. The second-order valence-electron chi connectivity index (χ2n) is 10.5. The predicted molar refractivity (Wildman–Crippen MR) is 135 cm³/mol. The number of hydrogen-bond donors (Lipinski definition) is 0. The van der Waals surface area contributed by atoms with E-state index in [4.69, 9.17) is 16.3 Å². The van der Waals surface area contributed by atoms with Crippen molar-refractivity contribution in [2.75, 3.05) is 23.4 Å². The summed E-state index contributed by atoms with van der Waals surface area (Å²) >= 11 is 5.65. The molecule has 0 N–H and O–H groups in total. The molecule has 40 heavy (non-hydrogen) atoms. The Morgan fingerprint density at radius 2 is 1.77 bits per heavy atom. The van der Waals surface area contributed by atoms with Crippen molar-refractivity contribution in [3.05, 3.63) is 51.7 Å². The van der Waals surface area contributed by atoms with Crippen LogP contribution in [0, 0.1) is 11.6 Å². The first-order valence-electron chi connectivity index (χ1n) is 12.4. The van der Waals surface area contributed by atoms with Crippen LogP contribution in [0.5, 0.6) is 0 Å². The molecule has 1 aromatic carbocycles. The number of halogens is 6. The second-order valence-corrected chi connectivity index (χ2v) is 10.9. The zero-order valence-electron chi connectivity index (χ0n) is 22.0. The largest absolute Gasteiger partial charge is 0.443 e. The Morgan fingerprint density at radius 1 is 1.12 bits per heavy atom. The number of hydrogen-bond acceptors (Lipinski definition) is 5. The number of urea groups is 1. The van der Waals surface area contributed by atoms with Crippen LogP contribution in [-0.4, -0.2) is 53.2 Å². The fourth-order valence-electron chi connectivity index (χ4n) is 4.69. The summed E-state index contributed by atoms with van der Waals surface area (Å²) < 4.78 is 76.0. The van der Waals surface area contributed by atoms with Crippen molar-refractivity contribution in [2.45, 2.75) is 64.3 Å². The summed E-state index contributed by atoms with van der Waals surface area (Å²) in [4.78, 5) is 46.3. The summed E-state index contributed by atoms with van der Waals surface area (Å²) in [6.45, 7) is 4.00. The van der Waals surface area contributed by atoms with E-state index in [0.717, 1.165) is 24.1 Å². The summed E-state index contributed by atoms with van der Waals surface area (Å²) in [6, 6.07) is -0.315. The van der Waals surface area contributed by atoms with Crippen molar-refractivity contribution in [3.8, 4) is 0 Å². The van der Waals surface area contributed by atoms with Crippen LogP contribution in [0.4, 0.5) is 43.0 Å². The Morgan fingerprint density at radius 3 is 2.40 bits per heavy atom.